The lowest BCUT2D eigenvalue weighted by Crippen LogP contribution is -3.00. The summed E-state index contributed by atoms with van der Waals surface area (Å²) < 4.78 is 0. The maximum Gasteiger partial charge on any atom is 0.143 e. The first-order chi connectivity index (χ1) is 7.45. The summed E-state index contributed by atoms with van der Waals surface area (Å²) in [7, 11) is 0. The smallest absolute Gasteiger partial charge is 0.143 e. The summed E-state index contributed by atoms with van der Waals surface area (Å²) in [6.07, 6.45) is 2.39. The van der Waals surface area contributed by atoms with Crippen LogP contribution >= 0.6 is 12.6 Å². The highest BCUT2D eigenvalue weighted by Crippen LogP contribution is 2.17. The number of thiol groups is 1. The van der Waals surface area contributed by atoms with Gasteiger partial charge in [0.05, 0.1) is 0 Å². The lowest BCUT2D eigenvalue weighted by atomic mass is 10.4. The summed E-state index contributed by atoms with van der Waals surface area (Å²) in [6.45, 7) is 12.1. The van der Waals surface area contributed by atoms with Gasteiger partial charge in [-0.25, -0.2) is 0 Å². The Bertz CT molecular complexity index is 170. The summed E-state index contributed by atoms with van der Waals surface area (Å²) in [4.78, 5) is 12.3. The van der Waals surface area contributed by atoms with Crippen molar-refractivity contribution in [2.75, 3.05) is 18.8 Å². The molecular formula is C12H28ClNO2S. The molecule has 106 valence electrons. The molecule has 0 aromatic heterocycles. The zero-order valence-corrected chi connectivity index (χ0v) is 13.4. The lowest BCUT2D eigenvalue weighted by molar-refractivity contribution is -1.25. The first kappa shape index (κ1) is 19.9. The van der Waals surface area contributed by atoms with Crippen LogP contribution in [0.4, 0.5) is 0 Å². The van der Waals surface area contributed by atoms with Gasteiger partial charge in [0.25, 0.3) is 0 Å². The minimum Gasteiger partial charge on any atom is -1.00 e. The first-order valence-electron chi connectivity index (χ1n) is 6.30. The number of quaternary nitrogens is 1. The Balaban J connectivity index is 0. The molecule has 0 N–H and O–H groups in total. The highest BCUT2D eigenvalue weighted by atomic mass is 35.5. The maximum atomic E-state index is 5.97. The van der Waals surface area contributed by atoms with Gasteiger partial charge in [-0.2, -0.15) is 22.3 Å². The van der Waals surface area contributed by atoms with E-state index in [1.807, 2.05) is 27.7 Å². The van der Waals surface area contributed by atoms with Crippen LogP contribution in [0.1, 0.15) is 47.5 Å². The van der Waals surface area contributed by atoms with Gasteiger partial charge >= 0.3 is 0 Å². The van der Waals surface area contributed by atoms with E-state index in [1.54, 1.807) is 0 Å². The zero-order chi connectivity index (χ0) is 12.6. The van der Waals surface area contributed by atoms with Gasteiger partial charge in [-0.3, -0.25) is 0 Å². The van der Waals surface area contributed by atoms with Gasteiger partial charge in [-0.1, -0.05) is 6.92 Å². The molecule has 0 aromatic rings. The van der Waals surface area contributed by atoms with E-state index in [4.69, 9.17) is 9.68 Å². The molecule has 0 heterocycles. The number of hydroxylamine groups is 4. The molecule has 0 saturated heterocycles. The van der Waals surface area contributed by atoms with Crippen molar-refractivity contribution in [1.29, 1.82) is 0 Å². The predicted molar refractivity (Wildman–Crippen MR) is 71.2 cm³/mol. The second kappa shape index (κ2) is 10.4. The predicted octanol–water partition coefficient (Wildman–Crippen LogP) is 0.217. The van der Waals surface area contributed by atoms with Crippen molar-refractivity contribution in [3.8, 4) is 0 Å². The fourth-order valence-corrected chi connectivity index (χ4v) is 1.91. The van der Waals surface area contributed by atoms with Crippen molar-refractivity contribution in [3.05, 3.63) is 0 Å². The molecule has 0 unspecified atom stereocenters. The molecule has 0 bridgehead atoms. The van der Waals surface area contributed by atoms with Crippen molar-refractivity contribution in [2.45, 2.75) is 59.7 Å². The Morgan fingerprint density at radius 2 is 1.47 bits per heavy atom. The summed E-state index contributed by atoms with van der Waals surface area (Å²) >= 11 is 4.26. The van der Waals surface area contributed by atoms with Crippen LogP contribution in [0.25, 0.3) is 0 Å². The molecule has 0 aliphatic carbocycles. The first-order valence-corrected chi connectivity index (χ1v) is 6.93. The molecule has 3 nitrogen and oxygen atoms in total. The van der Waals surface area contributed by atoms with Gasteiger partial charge in [0.15, 0.2) is 0 Å². The van der Waals surface area contributed by atoms with Crippen molar-refractivity contribution in [3.63, 3.8) is 0 Å². The normalized spacial score (nSPS) is 12.0. The monoisotopic (exact) mass is 285 g/mol. The van der Waals surface area contributed by atoms with Crippen LogP contribution < -0.4 is 12.4 Å². The van der Waals surface area contributed by atoms with Crippen LogP contribution in [0.2, 0.25) is 0 Å². The zero-order valence-electron chi connectivity index (χ0n) is 11.8. The van der Waals surface area contributed by atoms with Crippen LogP contribution in [0.5, 0.6) is 0 Å². The Kier molecular flexibility index (Phi) is 12.2. The van der Waals surface area contributed by atoms with E-state index in [-0.39, 0.29) is 24.6 Å². The number of halogens is 1. The van der Waals surface area contributed by atoms with Crippen molar-refractivity contribution >= 4 is 12.6 Å². The Morgan fingerprint density at radius 1 is 1.00 bits per heavy atom. The maximum absolute atomic E-state index is 5.97. The Morgan fingerprint density at radius 3 is 1.76 bits per heavy atom. The highest BCUT2D eigenvalue weighted by Gasteiger charge is 2.33. The van der Waals surface area contributed by atoms with Gasteiger partial charge in [0, 0.05) is 6.42 Å². The van der Waals surface area contributed by atoms with Crippen LogP contribution in [-0.2, 0) is 9.68 Å². The number of hydrogen-bond acceptors (Lipinski definition) is 3. The molecule has 17 heavy (non-hydrogen) atoms. The molecule has 0 rings (SSSR count). The molecule has 0 atom stereocenters. The summed E-state index contributed by atoms with van der Waals surface area (Å²) in [6, 6.07) is 0. The van der Waals surface area contributed by atoms with E-state index in [0.717, 1.165) is 31.7 Å². The molecular weight excluding hydrogens is 258 g/mol. The summed E-state index contributed by atoms with van der Waals surface area (Å²) in [5, 5.41) is 0. The fraction of sp³-hybridized carbons (Fsp3) is 1.00. The van der Waals surface area contributed by atoms with E-state index < -0.39 is 0 Å². The van der Waals surface area contributed by atoms with E-state index in [1.165, 1.54) is 0 Å². The Hall–Kier alpha value is 0.520. The van der Waals surface area contributed by atoms with Gasteiger partial charge in [-0.05, 0) is 44.7 Å². The lowest BCUT2D eigenvalue weighted by Gasteiger charge is -2.35. The van der Waals surface area contributed by atoms with Gasteiger partial charge in [0.1, 0.15) is 25.3 Å². The Labute approximate surface area is 118 Å². The molecule has 0 radical (unpaired) electrons. The largest absolute Gasteiger partial charge is 1.00 e. The fourth-order valence-electron chi connectivity index (χ4n) is 1.77. The minimum absolute atomic E-state index is 0. The van der Waals surface area contributed by atoms with E-state index in [9.17, 15) is 0 Å². The van der Waals surface area contributed by atoms with Gasteiger partial charge in [0.2, 0.25) is 0 Å². The quantitative estimate of drug-likeness (QED) is 0.371. The topological polar surface area (TPSA) is 18.5 Å². The third-order valence-corrected chi connectivity index (χ3v) is 2.34. The SMILES string of the molecule is CCC[N+](CCCS)(OC(C)C)OC(C)C.[Cl-]. The van der Waals surface area contributed by atoms with Crippen LogP contribution in [0.15, 0.2) is 0 Å². The standard InChI is InChI=1S/C12H27NO2S.ClH/c1-6-8-13(9-7-10-16,14-11(2)3)15-12(4)5;/h11-12H,6-10H2,1-5H3;1H. The second-order valence-corrected chi connectivity index (χ2v) is 5.09. The number of nitrogens with zero attached hydrogens (tertiary/aromatic N) is 1. The van der Waals surface area contributed by atoms with Gasteiger partial charge in [-0.15, -0.1) is 0 Å². The molecule has 0 aliphatic rings. The molecule has 0 aromatic carbocycles. The molecule has 0 amide bonds. The molecule has 0 fully saturated rings. The minimum atomic E-state index is 0. The van der Waals surface area contributed by atoms with E-state index in [0.29, 0.717) is 4.81 Å². The van der Waals surface area contributed by atoms with E-state index in [2.05, 4.69) is 19.6 Å². The molecule has 0 aliphatic heterocycles. The number of hydrogen-bond donors (Lipinski definition) is 1. The van der Waals surface area contributed by atoms with Crippen molar-refractivity contribution in [1.82, 2.24) is 0 Å². The van der Waals surface area contributed by atoms with Crippen LogP contribution in [0.3, 0.4) is 0 Å². The number of rotatable bonds is 9. The summed E-state index contributed by atoms with van der Waals surface area (Å²) in [5.74, 6) is 0.868. The molecule has 0 spiro atoms. The average Bonchev–Trinajstić information content (AvgIpc) is 2.13. The second-order valence-electron chi connectivity index (χ2n) is 4.65. The molecule has 0 saturated carbocycles. The highest BCUT2D eigenvalue weighted by molar-refractivity contribution is 7.80. The van der Waals surface area contributed by atoms with E-state index >= 15 is 0 Å². The average molecular weight is 286 g/mol. The third-order valence-electron chi connectivity index (χ3n) is 2.03. The van der Waals surface area contributed by atoms with Crippen LogP contribution in [0, 0.1) is 0 Å². The third kappa shape index (κ3) is 9.14. The van der Waals surface area contributed by atoms with Gasteiger partial charge < -0.3 is 12.4 Å². The van der Waals surface area contributed by atoms with Crippen molar-refractivity contribution < 1.29 is 26.9 Å². The molecule has 5 heteroatoms. The van der Waals surface area contributed by atoms with Crippen molar-refractivity contribution in [2.24, 2.45) is 0 Å². The van der Waals surface area contributed by atoms with Crippen LogP contribution in [-0.4, -0.2) is 35.9 Å². The summed E-state index contributed by atoms with van der Waals surface area (Å²) in [5.41, 5.74) is 0.